The first-order chi connectivity index (χ1) is 16.6. The summed E-state index contributed by atoms with van der Waals surface area (Å²) in [5.41, 5.74) is 3.00. The van der Waals surface area contributed by atoms with E-state index in [1.807, 2.05) is 109 Å². The molecule has 0 spiro atoms. The average molecular weight is 532 g/mol. The molecular formula is C27H22BrN3O2S. The Morgan fingerprint density at radius 1 is 0.647 bits per heavy atom. The molecule has 0 heterocycles. The quantitative estimate of drug-likeness (QED) is 0.215. The fraction of sp³-hybridized carbons (Fsp3) is 0.0370. The Balaban J connectivity index is 1.45. The lowest BCUT2D eigenvalue weighted by Crippen LogP contribution is -2.19. The van der Waals surface area contributed by atoms with E-state index >= 15 is 0 Å². The van der Waals surface area contributed by atoms with Crippen molar-refractivity contribution in [3.8, 4) is 0 Å². The first-order valence-electron chi connectivity index (χ1n) is 10.6. The third kappa shape index (κ3) is 6.50. The minimum Gasteiger partial charge on any atom is -0.324 e. The highest BCUT2D eigenvalue weighted by atomic mass is 79.9. The number of rotatable bonds is 7. The molecule has 5 nitrogen and oxygen atoms in total. The van der Waals surface area contributed by atoms with Gasteiger partial charge in [0.25, 0.3) is 0 Å². The maximum atomic E-state index is 13.2. The van der Waals surface area contributed by atoms with Crippen LogP contribution in [0.1, 0.15) is 10.8 Å². The number of carbonyl (C=O) groups excluding carboxylic acids is 2. The van der Waals surface area contributed by atoms with Gasteiger partial charge in [0.05, 0.1) is 5.69 Å². The van der Waals surface area contributed by atoms with Crippen LogP contribution >= 0.6 is 27.7 Å². The number of thioether (sulfide) groups is 1. The molecule has 0 bridgehead atoms. The fourth-order valence-electron chi connectivity index (χ4n) is 3.23. The Hall–Kier alpha value is -3.55. The van der Waals surface area contributed by atoms with E-state index in [1.165, 1.54) is 11.8 Å². The van der Waals surface area contributed by atoms with E-state index in [0.717, 1.165) is 20.6 Å². The highest BCUT2D eigenvalue weighted by Gasteiger charge is 2.22. The fourth-order valence-corrected chi connectivity index (χ4v) is 4.64. The Morgan fingerprint density at radius 2 is 1.21 bits per heavy atom. The number of hydrogen-bond donors (Lipinski definition) is 3. The number of nitrogens with one attached hydrogen (secondary N) is 3. The Kier molecular flexibility index (Phi) is 8.01. The molecule has 0 radical (unpaired) electrons. The van der Waals surface area contributed by atoms with Crippen LogP contribution in [0.3, 0.4) is 0 Å². The number of benzene rings is 4. The third-order valence-electron chi connectivity index (χ3n) is 4.87. The molecule has 4 rings (SSSR count). The van der Waals surface area contributed by atoms with Gasteiger partial charge < -0.3 is 16.0 Å². The topological polar surface area (TPSA) is 70.2 Å². The SMILES string of the molecule is O=C(Nc1ccccc1)Nc1ccc(SC(C(=O)Nc2ccccc2Br)c2ccccc2)cc1. The number of hydrogen-bond acceptors (Lipinski definition) is 3. The smallest absolute Gasteiger partial charge is 0.323 e. The van der Waals surface area contributed by atoms with Crippen LogP contribution in [0.15, 0.2) is 119 Å². The van der Waals surface area contributed by atoms with Crippen molar-refractivity contribution in [2.45, 2.75) is 10.1 Å². The van der Waals surface area contributed by atoms with Gasteiger partial charge in [-0.25, -0.2) is 4.79 Å². The molecule has 170 valence electrons. The molecule has 1 atom stereocenters. The molecule has 0 saturated carbocycles. The zero-order valence-corrected chi connectivity index (χ0v) is 20.5. The summed E-state index contributed by atoms with van der Waals surface area (Å²) in [6, 6.07) is 33.6. The number of amides is 3. The first kappa shape index (κ1) is 23.6. The van der Waals surface area contributed by atoms with Crippen molar-refractivity contribution in [3.63, 3.8) is 0 Å². The predicted molar refractivity (Wildman–Crippen MR) is 143 cm³/mol. The number of anilines is 3. The number of urea groups is 1. The maximum Gasteiger partial charge on any atom is 0.323 e. The Labute approximate surface area is 211 Å². The molecule has 3 N–H and O–H groups in total. The molecule has 34 heavy (non-hydrogen) atoms. The lowest BCUT2D eigenvalue weighted by Gasteiger charge is -2.18. The summed E-state index contributed by atoms with van der Waals surface area (Å²) in [6.45, 7) is 0. The standard InChI is InChI=1S/C27H22BrN3O2S/c28-23-13-7-8-14-24(23)31-26(32)25(19-9-3-1-4-10-19)34-22-17-15-21(16-18-22)30-27(33)29-20-11-5-2-6-12-20/h1-18,25H,(H,31,32)(H2,29,30,33). The van der Waals surface area contributed by atoms with Crippen LogP contribution in [0.2, 0.25) is 0 Å². The van der Waals surface area contributed by atoms with Crippen LogP contribution in [0.25, 0.3) is 0 Å². The molecule has 0 aromatic heterocycles. The molecule has 0 aliphatic carbocycles. The predicted octanol–water partition coefficient (Wildman–Crippen LogP) is 7.57. The van der Waals surface area contributed by atoms with E-state index in [0.29, 0.717) is 11.4 Å². The summed E-state index contributed by atoms with van der Waals surface area (Å²) in [5, 5.41) is 8.18. The molecule has 0 saturated heterocycles. The van der Waals surface area contributed by atoms with Gasteiger partial charge in [-0.15, -0.1) is 11.8 Å². The Bertz CT molecular complexity index is 1250. The van der Waals surface area contributed by atoms with E-state index in [1.54, 1.807) is 0 Å². The van der Waals surface area contributed by atoms with Gasteiger partial charge in [-0.3, -0.25) is 4.79 Å². The van der Waals surface area contributed by atoms with Crippen molar-refractivity contribution < 1.29 is 9.59 Å². The van der Waals surface area contributed by atoms with Gasteiger partial charge in [-0.2, -0.15) is 0 Å². The van der Waals surface area contributed by atoms with Crippen LogP contribution in [0, 0.1) is 0 Å². The van der Waals surface area contributed by atoms with Crippen LogP contribution in [0.4, 0.5) is 21.9 Å². The molecule has 0 aliphatic rings. The molecule has 7 heteroatoms. The van der Waals surface area contributed by atoms with Crippen LogP contribution in [-0.4, -0.2) is 11.9 Å². The van der Waals surface area contributed by atoms with Gasteiger partial charge >= 0.3 is 6.03 Å². The van der Waals surface area contributed by atoms with Crippen molar-refractivity contribution >= 4 is 56.7 Å². The minimum absolute atomic E-state index is 0.118. The van der Waals surface area contributed by atoms with Crippen molar-refractivity contribution in [2.24, 2.45) is 0 Å². The number of para-hydroxylation sites is 2. The second-order valence-electron chi connectivity index (χ2n) is 7.35. The van der Waals surface area contributed by atoms with E-state index in [9.17, 15) is 9.59 Å². The lowest BCUT2D eigenvalue weighted by atomic mass is 10.1. The van der Waals surface area contributed by atoms with Gasteiger partial charge in [0.2, 0.25) is 5.91 Å². The summed E-state index contributed by atoms with van der Waals surface area (Å²) in [4.78, 5) is 26.4. The van der Waals surface area contributed by atoms with Crippen molar-refractivity contribution in [3.05, 3.63) is 119 Å². The van der Waals surface area contributed by atoms with Gasteiger partial charge in [0, 0.05) is 20.7 Å². The summed E-state index contributed by atoms with van der Waals surface area (Å²) in [5.74, 6) is -0.118. The number of carbonyl (C=O) groups is 2. The summed E-state index contributed by atoms with van der Waals surface area (Å²) in [7, 11) is 0. The number of halogens is 1. The Morgan fingerprint density at radius 3 is 1.85 bits per heavy atom. The molecule has 1 unspecified atom stereocenters. The summed E-state index contributed by atoms with van der Waals surface area (Å²) in [6.07, 6.45) is 0. The monoisotopic (exact) mass is 531 g/mol. The second-order valence-corrected chi connectivity index (χ2v) is 9.38. The zero-order valence-electron chi connectivity index (χ0n) is 18.1. The van der Waals surface area contributed by atoms with E-state index < -0.39 is 5.25 Å². The summed E-state index contributed by atoms with van der Waals surface area (Å²) < 4.78 is 0.823. The largest absolute Gasteiger partial charge is 0.324 e. The van der Waals surface area contributed by atoms with Crippen molar-refractivity contribution in [1.82, 2.24) is 0 Å². The molecular weight excluding hydrogens is 510 g/mol. The van der Waals surface area contributed by atoms with E-state index in [2.05, 4.69) is 31.9 Å². The van der Waals surface area contributed by atoms with Gasteiger partial charge in [0.15, 0.2) is 0 Å². The van der Waals surface area contributed by atoms with Gasteiger partial charge in [0.1, 0.15) is 5.25 Å². The highest BCUT2D eigenvalue weighted by Crippen LogP contribution is 2.37. The molecule has 0 fully saturated rings. The molecule has 4 aromatic carbocycles. The second kappa shape index (κ2) is 11.5. The van der Waals surface area contributed by atoms with Crippen molar-refractivity contribution in [1.29, 1.82) is 0 Å². The first-order valence-corrected chi connectivity index (χ1v) is 12.3. The average Bonchev–Trinajstić information content (AvgIpc) is 2.86. The molecule has 0 aliphatic heterocycles. The third-order valence-corrected chi connectivity index (χ3v) is 6.83. The van der Waals surface area contributed by atoms with E-state index in [4.69, 9.17) is 0 Å². The van der Waals surface area contributed by atoms with Gasteiger partial charge in [-0.05, 0) is 70.0 Å². The maximum absolute atomic E-state index is 13.2. The van der Waals surface area contributed by atoms with Crippen molar-refractivity contribution in [2.75, 3.05) is 16.0 Å². The highest BCUT2D eigenvalue weighted by molar-refractivity contribution is 9.10. The van der Waals surface area contributed by atoms with Crippen LogP contribution in [0.5, 0.6) is 0 Å². The van der Waals surface area contributed by atoms with Crippen LogP contribution in [-0.2, 0) is 4.79 Å². The zero-order chi connectivity index (χ0) is 23.8. The normalized spacial score (nSPS) is 11.3. The molecule has 3 amide bonds. The molecule has 4 aromatic rings. The van der Waals surface area contributed by atoms with Gasteiger partial charge in [-0.1, -0.05) is 60.7 Å². The lowest BCUT2D eigenvalue weighted by molar-refractivity contribution is -0.115. The van der Waals surface area contributed by atoms with Crippen LogP contribution < -0.4 is 16.0 Å². The summed E-state index contributed by atoms with van der Waals surface area (Å²) >= 11 is 4.93. The minimum atomic E-state index is -0.450. The van der Waals surface area contributed by atoms with E-state index in [-0.39, 0.29) is 11.9 Å².